The van der Waals surface area contributed by atoms with Crippen LogP contribution < -0.4 is 5.32 Å². The van der Waals surface area contributed by atoms with Gasteiger partial charge in [-0.15, -0.1) is 11.3 Å². The van der Waals surface area contributed by atoms with Gasteiger partial charge in [0.2, 0.25) is 0 Å². The molecule has 0 saturated heterocycles. The standard InChI is InChI=1S/C13H14N4S/c1-10(8-17-6-5-14-9-17)16-13-11-3-7-18-12(11)2-4-15-13/h2-7,9-10H,8H2,1H3,(H,15,16). The third-order valence-corrected chi connectivity index (χ3v) is 3.69. The van der Waals surface area contributed by atoms with Crippen LogP contribution in [0.15, 0.2) is 42.4 Å². The van der Waals surface area contributed by atoms with E-state index in [1.165, 1.54) is 10.1 Å². The van der Waals surface area contributed by atoms with E-state index in [1.807, 2.05) is 24.8 Å². The summed E-state index contributed by atoms with van der Waals surface area (Å²) >= 11 is 1.74. The molecule has 18 heavy (non-hydrogen) atoms. The number of rotatable bonds is 4. The number of imidazole rings is 1. The van der Waals surface area contributed by atoms with E-state index in [1.54, 1.807) is 17.5 Å². The van der Waals surface area contributed by atoms with E-state index in [0.717, 1.165) is 12.4 Å². The Morgan fingerprint density at radius 3 is 3.17 bits per heavy atom. The van der Waals surface area contributed by atoms with E-state index in [4.69, 9.17) is 0 Å². The van der Waals surface area contributed by atoms with Crippen LogP contribution in [0.1, 0.15) is 6.92 Å². The van der Waals surface area contributed by atoms with Gasteiger partial charge in [-0.25, -0.2) is 9.97 Å². The minimum Gasteiger partial charge on any atom is -0.365 e. The van der Waals surface area contributed by atoms with Crippen LogP contribution in [-0.2, 0) is 6.54 Å². The first-order chi connectivity index (χ1) is 8.83. The fraction of sp³-hybridized carbons (Fsp3) is 0.231. The largest absolute Gasteiger partial charge is 0.365 e. The van der Waals surface area contributed by atoms with E-state index in [9.17, 15) is 0 Å². The molecule has 0 aromatic carbocycles. The van der Waals surface area contributed by atoms with Crippen LogP contribution >= 0.6 is 11.3 Å². The van der Waals surface area contributed by atoms with Crippen LogP contribution in [0.3, 0.4) is 0 Å². The fourth-order valence-electron chi connectivity index (χ4n) is 2.00. The topological polar surface area (TPSA) is 42.7 Å². The maximum absolute atomic E-state index is 4.42. The number of fused-ring (bicyclic) bond motifs is 1. The van der Waals surface area contributed by atoms with Crippen molar-refractivity contribution >= 4 is 27.2 Å². The molecule has 0 spiro atoms. The summed E-state index contributed by atoms with van der Waals surface area (Å²) in [5.74, 6) is 0.960. The highest BCUT2D eigenvalue weighted by Crippen LogP contribution is 2.26. The van der Waals surface area contributed by atoms with Gasteiger partial charge in [-0.2, -0.15) is 0 Å². The summed E-state index contributed by atoms with van der Waals surface area (Å²) in [6.45, 7) is 3.02. The predicted octanol–water partition coefficient (Wildman–Crippen LogP) is 2.99. The molecule has 1 unspecified atom stereocenters. The van der Waals surface area contributed by atoms with Gasteiger partial charge in [0.05, 0.1) is 6.33 Å². The lowest BCUT2D eigenvalue weighted by atomic mass is 10.3. The molecule has 4 nitrogen and oxygen atoms in total. The molecule has 0 aliphatic heterocycles. The third kappa shape index (κ3) is 2.22. The highest BCUT2D eigenvalue weighted by molar-refractivity contribution is 7.17. The fourth-order valence-corrected chi connectivity index (χ4v) is 2.78. The number of hydrogen-bond acceptors (Lipinski definition) is 4. The summed E-state index contributed by atoms with van der Waals surface area (Å²) in [5.41, 5.74) is 0. The van der Waals surface area contributed by atoms with Gasteiger partial charge in [0.25, 0.3) is 0 Å². The summed E-state index contributed by atoms with van der Waals surface area (Å²) in [4.78, 5) is 8.46. The van der Waals surface area contributed by atoms with Gasteiger partial charge < -0.3 is 9.88 Å². The quantitative estimate of drug-likeness (QED) is 0.782. The molecule has 1 N–H and O–H groups in total. The Balaban J connectivity index is 1.77. The first-order valence-corrected chi connectivity index (χ1v) is 6.75. The monoisotopic (exact) mass is 258 g/mol. The van der Waals surface area contributed by atoms with Crippen molar-refractivity contribution in [3.05, 3.63) is 42.4 Å². The van der Waals surface area contributed by atoms with E-state index in [-0.39, 0.29) is 0 Å². The summed E-state index contributed by atoms with van der Waals surface area (Å²) in [6, 6.07) is 4.46. The Morgan fingerprint density at radius 1 is 1.39 bits per heavy atom. The molecular weight excluding hydrogens is 244 g/mol. The van der Waals surface area contributed by atoms with Crippen molar-refractivity contribution in [2.75, 3.05) is 5.32 Å². The maximum atomic E-state index is 4.42. The van der Waals surface area contributed by atoms with Crippen LogP contribution in [0, 0.1) is 0 Å². The molecular formula is C13H14N4S. The number of aromatic nitrogens is 3. The lowest BCUT2D eigenvalue weighted by Gasteiger charge is -2.15. The van der Waals surface area contributed by atoms with Gasteiger partial charge in [-0.1, -0.05) is 0 Å². The van der Waals surface area contributed by atoms with E-state index in [0.29, 0.717) is 6.04 Å². The van der Waals surface area contributed by atoms with E-state index < -0.39 is 0 Å². The molecule has 0 bridgehead atoms. The number of hydrogen-bond donors (Lipinski definition) is 1. The molecule has 3 rings (SSSR count). The van der Waals surface area contributed by atoms with Crippen molar-refractivity contribution in [2.45, 2.75) is 19.5 Å². The SMILES string of the molecule is CC(Cn1ccnc1)Nc1nccc2sccc12. The van der Waals surface area contributed by atoms with Crippen molar-refractivity contribution in [2.24, 2.45) is 0 Å². The smallest absolute Gasteiger partial charge is 0.134 e. The minimum absolute atomic E-state index is 0.303. The van der Waals surface area contributed by atoms with Crippen molar-refractivity contribution in [3.8, 4) is 0 Å². The average molecular weight is 258 g/mol. The Labute approximate surface area is 109 Å². The van der Waals surface area contributed by atoms with Gasteiger partial charge in [-0.05, 0) is 24.4 Å². The van der Waals surface area contributed by atoms with Gasteiger partial charge in [0, 0.05) is 41.3 Å². The van der Waals surface area contributed by atoms with Crippen LogP contribution in [0.4, 0.5) is 5.82 Å². The molecule has 3 aromatic rings. The molecule has 5 heteroatoms. The van der Waals surface area contributed by atoms with E-state index >= 15 is 0 Å². The second-order valence-corrected chi connectivity index (χ2v) is 5.24. The zero-order valence-corrected chi connectivity index (χ0v) is 10.9. The Bertz CT molecular complexity index is 629. The van der Waals surface area contributed by atoms with Gasteiger partial charge in [0.1, 0.15) is 5.82 Å². The number of nitrogens with one attached hydrogen (secondary N) is 1. The van der Waals surface area contributed by atoms with E-state index in [2.05, 4.69) is 38.2 Å². The zero-order valence-electron chi connectivity index (χ0n) is 10.1. The van der Waals surface area contributed by atoms with Crippen molar-refractivity contribution in [1.82, 2.24) is 14.5 Å². The molecule has 3 heterocycles. The van der Waals surface area contributed by atoms with Crippen LogP contribution in [0.25, 0.3) is 10.1 Å². The highest BCUT2D eigenvalue weighted by Gasteiger charge is 2.07. The van der Waals surface area contributed by atoms with Crippen LogP contribution in [0.2, 0.25) is 0 Å². The third-order valence-electron chi connectivity index (χ3n) is 2.81. The molecule has 0 amide bonds. The number of nitrogens with zero attached hydrogens (tertiary/aromatic N) is 3. The lowest BCUT2D eigenvalue weighted by Crippen LogP contribution is -2.21. The van der Waals surface area contributed by atoms with Crippen LogP contribution in [-0.4, -0.2) is 20.6 Å². The van der Waals surface area contributed by atoms with Crippen molar-refractivity contribution in [3.63, 3.8) is 0 Å². The van der Waals surface area contributed by atoms with Gasteiger partial charge in [-0.3, -0.25) is 0 Å². The average Bonchev–Trinajstić information content (AvgIpc) is 2.99. The second-order valence-electron chi connectivity index (χ2n) is 4.30. The highest BCUT2D eigenvalue weighted by atomic mass is 32.1. The lowest BCUT2D eigenvalue weighted by molar-refractivity contribution is 0.617. The van der Waals surface area contributed by atoms with Crippen molar-refractivity contribution in [1.29, 1.82) is 0 Å². The second kappa shape index (κ2) is 4.78. The Morgan fingerprint density at radius 2 is 2.33 bits per heavy atom. The molecule has 0 radical (unpaired) electrons. The Kier molecular flexibility index (Phi) is 2.98. The van der Waals surface area contributed by atoms with Gasteiger partial charge >= 0.3 is 0 Å². The molecule has 3 aromatic heterocycles. The zero-order chi connectivity index (χ0) is 12.4. The normalized spacial score (nSPS) is 12.7. The molecule has 0 aliphatic rings. The molecule has 0 aliphatic carbocycles. The first-order valence-electron chi connectivity index (χ1n) is 5.87. The predicted molar refractivity (Wildman–Crippen MR) is 74.9 cm³/mol. The molecule has 1 atom stereocenters. The molecule has 92 valence electrons. The number of anilines is 1. The van der Waals surface area contributed by atoms with Gasteiger partial charge in [0.15, 0.2) is 0 Å². The van der Waals surface area contributed by atoms with Crippen molar-refractivity contribution < 1.29 is 0 Å². The molecule has 0 saturated carbocycles. The number of thiophene rings is 1. The van der Waals surface area contributed by atoms with Crippen LogP contribution in [0.5, 0.6) is 0 Å². The minimum atomic E-state index is 0.303. The summed E-state index contributed by atoms with van der Waals surface area (Å²) in [7, 11) is 0. The maximum Gasteiger partial charge on any atom is 0.134 e. The Hall–Kier alpha value is -1.88. The summed E-state index contributed by atoms with van der Waals surface area (Å²) in [5, 5.41) is 6.75. The number of pyridine rings is 1. The summed E-state index contributed by atoms with van der Waals surface area (Å²) in [6.07, 6.45) is 7.45. The molecule has 0 fully saturated rings. The first kappa shape index (κ1) is 11.2. The summed E-state index contributed by atoms with van der Waals surface area (Å²) < 4.78 is 3.33.